The van der Waals surface area contributed by atoms with Crippen molar-refractivity contribution in [1.29, 1.82) is 0 Å². The molecular weight excluding hydrogens is 378 g/mol. The van der Waals surface area contributed by atoms with Crippen LogP contribution in [0.1, 0.15) is 53.4 Å². The molecule has 156 valence electrons. The third-order valence-corrected chi connectivity index (χ3v) is 5.71. The standard InChI is InChI=1S/C24H27N3O3/c1-16-20-8-4-5-9-22(20)30-23(16)24(29)26-25-17(2)18-10-11-21(28)19(14-18)15-27-12-6-3-7-13-27/h4-5,8-11,14,28H,3,6-7,12-13,15H2,1-2H3,(H,26,29)/b25-17+. The van der Waals surface area contributed by atoms with Gasteiger partial charge in [0.1, 0.15) is 11.3 Å². The van der Waals surface area contributed by atoms with E-state index in [0.29, 0.717) is 17.0 Å². The number of phenols is 1. The van der Waals surface area contributed by atoms with E-state index in [-0.39, 0.29) is 11.7 Å². The normalized spacial score (nSPS) is 15.5. The van der Waals surface area contributed by atoms with E-state index in [1.807, 2.05) is 50.2 Å². The summed E-state index contributed by atoms with van der Waals surface area (Å²) in [5, 5.41) is 15.4. The Morgan fingerprint density at radius 1 is 1.17 bits per heavy atom. The Morgan fingerprint density at radius 2 is 1.93 bits per heavy atom. The molecule has 0 aliphatic carbocycles. The number of aromatic hydroxyl groups is 1. The highest BCUT2D eigenvalue weighted by Crippen LogP contribution is 2.25. The summed E-state index contributed by atoms with van der Waals surface area (Å²) in [6.45, 7) is 6.54. The van der Waals surface area contributed by atoms with Gasteiger partial charge in [-0.05, 0) is 69.6 Å². The Hall–Kier alpha value is -3.12. The number of carbonyl (C=O) groups excluding carboxylic acids is 1. The van der Waals surface area contributed by atoms with Gasteiger partial charge in [-0.25, -0.2) is 5.43 Å². The minimum absolute atomic E-state index is 0.268. The number of hydrazone groups is 1. The van der Waals surface area contributed by atoms with Crippen LogP contribution in [0.3, 0.4) is 0 Å². The van der Waals surface area contributed by atoms with Crippen LogP contribution in [0.25, 0.3) is 11.0 Å². The molecule has 0 saturated carbocycles. The Labute approximate surface area is 176 Å². The first-order chi connectivity index (χ1) is 14.5. The molecule has 0 radical (unpaired) electrons. The van der Waals surface area contributed by atoms with Gasteiger partial charge in [-0.2, -0.15) is 5.10 Å². The van der Waals surface area contributed by atoms with Gasteiger partial charge in [0.05, 0.1) is 5.71 Å². The van der Waals surface area contributed by atoms with Crippen molar-refractivity contribution < 1.29 is 14.3 Å². The number of hydrogen-bond acceptors (Lipinski definition) is 5. The second-order valence-corrected chi connectivity index (χ2v) is 7.87. The number of piperidine rings is 1. The first-order valence-electron chi connectivity index (χ1n) is 10.4. The summed E-state index contributed by atoms with van der Waals surface area (Å²) in [4.78, 5) is 15.0. The van der Waals surface area contributed by atoms with E-state index in [0.717, 1.165) is 41.7 Å². The number of nitrogens with one attached hydrogen (secondary N) is 1. The highest BCUT2D eigenvalue weighted by molar-refractivity contribution is 6.02. The Kier molecular flexibility index (Phi) is 5.86. The Balaban J connectivity index is 1.49. The number of benzene rings is 2. The molecule has 1 aliphatic rings. The lowest BCUT2D eigenvalue weighted by Gasteiger charge is -2.26. The van der Waals surface area contributed by atoms with Crippen LogP contribution in [0, 0.1) is 6.92 Å². The maximum atomic E-state index is 12.6. The fraction of sp³-hybridized carbons (Fsp3) is 0.333. The van der Waals surface area contributed by atoms with Crippen LogP contribution in [0.2, 0.25) is 0 Å². The minimum atomic E-state index is -0.379. The molecule has 30 heavy (non-hydrogen) atoms. The third kappa shape index (κ3) is 4.24. The smallest absolute Gasteiger partial charge is 0.307 e. The predicted octanol–water partition coefficient (Wildman–Crippen LogP) is 4.59. The summed E-state index contributed by atoms with van der Waals surface area (Å²) >= 11 is 0. The Bertz CT molecular complexity index is 1090. The molecule has 0 unspecified atom stereocenters. The second-order valence-electron chi connectivity index (χ2n) is 7.87. The molecule has 1 aromatic heterocycles. The molecule has 2 heterocycles. The molecule has 0 bridgehead atoms. The number of carbonyl (C=O) groups is 1. The molecular formula is C24H27N3O3. The van der Waals surface area contributed by atoms with Gasteiger partial charge in [-0.1, -0.05) is 24.6 Å². The highest BCUT2D eigenvalue weighted by Gasteiger charge is 2.17. The van der Waals surface area contributed by atoms with Crippen LogP contribution < -0.4 is 5.43 Å². The van der Waals surface area contributed by atoms with E-state index in [9.17, 15) is 9.90 Å². The summed E-state index contributed by atoms with van der Waals surface area (Å²) in [5.74, 6) is 0.179. The van der Waals surface area contributed by atoms with Crippen LogP contribution in [-0.4, -0.2) is 34.7 Å². The van der Waals surface area contributed by atoms with Crippen molar-refractivity contribution in [3.8, 4) is 5.75 Å². The van der Waals surface area contributed by atoms with Gasteiger partial charge in [-0.15, -0.1) is 0 Å². The molecule has 6 nitrogen and oxygen atoms in total. The quantitative estimate of drug-likeness (QED) is 0.481. The molecule has 6 heteroatoms. The lowest BCUT2D eigenvalue weighted by Crippen LogP contribution is -2.29. The number of phenolic OH excluding ortho intramolecular Hbond substituents is 1. The van der Waals surface area contributed by atoms with E-state index >= 15 is 0 Å². The average molecular weight is 405 g/mol. The number of amides is 1. The van der Waals surface area contributed by atoms with E-state index in [4.69, 9.17) is 4.42 Å². The third-order valence-electron chi connectivity index (χ3n) is 5.71. The predicted molar refractivity (Wildman–Crippen MR) is 118 cm³/mol. The molecule has 1 fully saturated rings. The maximum absolute atomic E-state index is 12.6. The fourth-order valence-electron chi connectivity index (χ4n) is 3.94. The number of hydrogen-bond donors (Lipinski definition) is 2. The van der Waals surface area contributed by atoms with Gasteiger partial charge in [-0.3, -0.25) is 9.69 Å². The lowest BCUT2D eigenvalue weighted by atomic mass is 10.0. The molecule has 1 amide bonds. The van der Waals surface area contributed by atoms with Crippen LogP contribution in [0.4, 0.5) is 0 Å². The van der Waals surface area contributed by atoms with Gasteiger partial charge >= 0.3 is 5.91 Å². The zero-order valence-electron chi connectivity index (χ0n) is 17.4. The summed E-state index contributed by atoms with van der Waals surface area (Å²) in [7, 11) is 0. The molecule has 1 aliphatic heterocycles. The largest absolute Gasteiger partial charge is 0.508 e. The van der Waals surface area contributed by atoms with Crippen LogP contribution >= 0.6 is 0 Å². The topological polar surface area (TPSA) is 78.1 Å². The molecule has 1 saturated heterocycles. The van der Waals surface area contributed by atoms with Crippen molar-refractivity contribution in [2.75, 3.05) is 13.1 Å². The maximum Gasteiger partial charge on any atom is 0.307 e. The molecule has 0 spiro atoms. The van der Waals surface area contributed by atoms with Crippen molar-refractivity contribution in [2.45, 2.75) is 39.7 Å². The van der Waals surface area contributed by atoms with Crippen molar-refractivity contribution in [3.05, 3.63) is 64.9 Å². The SMILES string of the molecule is C/C(=N\NC(=O)c1oc2ccccc2c1C)c1ccc(O)c(CN2CCCCC2)c1. The number of rotatable bonds is 5. The molecule has 3 aromatic rings. The first kappa shape index (κ1) is 20.2. The number of aryl methyl sites for hydroxylation is 1. The van der Waals surface area contributed by atoms with E-state index in [1.54, 1.807) is 6.07 Å². The second kappa shape index (κ2) is 8.71. The van der Waals surface area contributed by atoms with Crippen LogP contribution in [-0.2, 0) is 6.54 Å². The molecule has 2 aromatic carbocycles. The highest BCUT2D eigenvalue weighted by atomic mass is 16.3. The van der Waals surface area contributed by atoms with E-state index < -0.39 is 0 Å². The summed E-state index contributed by atoms with van der Waals surface area (Å²) in [5.41, 5.74) is 6.48. The lowest BCUT2D eigenvalue weighted by molar-refractivity contribution is 0.0928. The van der Waals surface area contributed by atoms with Crippen molar-refractivity contribution in [3.63, 3.8) is 0 Å². The first-order valence-corrected chi connectivity index (χ1v) is 10.4. The number of nitrogens with zero attached hydrogens (tertiary/aromatic N) is 2. The number of likely N-dealkylation sites (tertiary alicyclic amines) is 1. The van der Waals surface area contributed by atoms with Gasteiger partial charge in [0, 0.05) is 23.1 Å². The number of fused-ring (bicyclic) bond motifs is 1. The Morgan fingerprint density at radius 3 is 2.70 bits per heavy atom. The summed E-state index contributed by atoms with van der Waals surface area (Å²) in [6, 6.07) is 13.0. The molecule has 2 N–H and O–H groups in total. The zero-order chi connectivity index (χ0) is 21.1. The monoisotopic (exact) mass is 405 g/mol. The minimum Gasteiger partial charge on any atom is -0.508 e. The van der Waals surface area contributed by atoms with Gasteiger partial charge in [0.2, 0.25) is 0 Å². The van der Waals surface area contributed by atoms with Crippen molar-refractivity contribution in [1.82, 2.24) is 10.3 Å². The van der Waals surface area contributed by atoms with Gasteiger partial charge in [0.25, 0.3) is 0 Å². The van der Waals surface area contributed by atoms with Crippen molar-refractivity contribution in [2.24, 2.45) is 5.10 Å². The number of para-hydroxylation sites is 1. The molecule has 4 rings (SSSR count). The van der Waals surface area contributed by atoms with Crippen LogP contribution in [0.15, 0.2) is 52.0 Å². The number of furan rings is 1. The zero-order valence-corrected chi connectivity index (χ0v) is 17.4. The average Bonchev–Trinajstić information content (AvgIpc) is 3.11. The van der Waals surface area contributed by atoms with Gasteiger partial charge < -0.3 is 9.52 Å². The van der Waals surface area contributed by atoms with Crippen LogP contribution in [0.5, 0.6) is 5.75 Å². The fourth-order valence-corrected chi connectivity index (χ4v) is 3.94. The van der Waals surface area contributed by atoms with E-state index in [2.05, 4.69) is 15.4 Å². The summed E-state index contributed by atoms with van der Waals surface area (Å²) < 4.78 is 5.70. The van der Waals surface area contributed by atoms with Gasteiger partial charge in [0.15, 0.2) is 5.76 Å². The summed E-state index contributed by atoms with van der Waals surface area (Å²) in [6.07, 6.45) is 3.68. The van der Waals surface area contributed by atoms with Crippen molar-refractivity contribution >= 4 is 22.6 Å². The van der Waals surface area contributed by atoms with E-state index in [1.165, 1.54) is 19.3 Å². The molecule has 0 atom stereocenters.